The second-order valence-electron chi connectivity index (χ2n) is 7.26. The van der Waals surface area contributed by atoms with Crippen molar-refractivity contribution in [3.8, 4) is 11.5 Å². The lowest BCUT2D eigenvalue weighted by Gasteiger charge is -2.38. The number of hydrogen-bond donors (Lipinski definition) is 4. The lowest BCUT2D eigenvalue weighted by atomic mass is 9.90. The summed E-state index contributed by atoms with van der Waals surface area (Å²) in [6, 6.07) is 11.4. The first-order valence-electron chi connectivity index (χ1n) is 9.29. The van der Waals surface area contributed by atoms with Gasteiger partial charge in [-0.25, -0.2) is 0 Å². The number of fused-ring (bicyclic) bond motifs is 1. The number of rotatable bonds is 3. The second kappa shape index (κ2) is 7.69. The van der Waals surface area contributed by atoms with E-state index in [9.17, 15) is 20.4 Å². The molecule has 150 valence electrons. The zero-order valence-electron chi connectivity index (χ0n) is 15.5. The van der Waals surface area contributed by atoms with Crippen LogP contribution in [0.3, 0.4) is 0 Å². The van der Waals surface area contributed by atoms with Crippen molar-refractivity contribution < 1.29 is 34.6 Å². The van der Waals surface area contributed by atoms with Gasteiger partial charge in [0.15, 0.2) is 17.8 Å². The van der Waals surface area contributed by atoms with Crippen LogP contribution in [0.4, 0.5) is 0 Å². The van der Waals surface area contributed by atoms with Crippen LogP contribution in [-0.4, -0.2) is 58.2 Å². The lowest BCUT2D eigenvalue weighted by molar-refractivity contribution is -0.284. The van der Waals surface area contributed by atoms with Gasteiger partial charge in [-0.1, -0.05) is 24.3 Å². The van der Waals surface area contributed by atoms with Crippen molar-refractivity contribution in [1.29, 1.82) is 0 Å². The molecule has 1 unspecified atom stereocenters. The molecule has 0 radical (unpaired) electrons. The summed E-state index contributed by atoms with van der Waals surface area (Å²) in [5.74, 6) is 1.46. The summed E-state index contributed by atoms with van der Waals surface area (Å²) >= 11 is 0. The Kier molecular flexibility index (Phi) is 5.27. The molecule has 28 heavy (non-hydrogen) atoms. The summed E-state index contributed by atoms with van der Waals surface area (Å²) in [7, 11) is 0. The van der Waals surface area contributed by atoms with Crippen LogP contribution in [0.15, 0.2) is 36.4 Å². The largest absolute Gasteiger partial charge is 0.486 e. The molecule has 7 nitrogen and oxygen atoms in total. The lowest BCUT2D eigenvalue weighted by Crippen LogP contribution is -2.54. The van der Waals surface area contributed by atoms with Crippen LogP contribution < -0.4 is 9.47 Å². The average Bonchev–Trinajstić information content (AvgIpc) is 2.71. The highest BCUT2D eigenvalue weighted by Gasteiger charge is 2.43. The van der Waals surface area contributed by atoms with Crippen LogP contribution in [0.2, 0.25) is 0 Å². The van der Waals surface area contributed by atoms with Crippen molar-refractivity contribution in [3.63, 3.8) is 0 Å². The monoisotopic (exact) mass is 388 g/mol. The van der Waals surface area contributed by atoms with E-state index >= 15 is 0 Å². The Morgan fingerprint density at radius 3 is 2.39 bits per heavy atom. The molecular formula is C21H24O7. The first-order valence-corrected chi connectivity index (χ1v) is 9.29. The number of aliphatic hydroxyl groups excluding tert-OH is 4. The Bertz CT molecular complexity index is 853. The summed E-state index contributed by atoms with van der Waals surface area (Å²) in [6.07, 6.45) is -6.25. The normalized spacial score (nSPS) is 29.5. The van der Waals surface area contributed by atoms with Crippen molar-refractivity contribution in [2.45, 2.75) is 44.1 Å². The van der Waals surface area contributed by atoms with Crippen molar-refractivity contribution in [2.24, 2.45) is 0 Å². The van der Waals surface area contributed by atoms with Crippen LogP contribution in [0, 0.1) is 6.92 Å². The predicted octanol–water partition coefficient (Wildman–Crippen LogP) is 0.829. The van der Waals surface area contributed by atoms with Gasteiger partial charge in [0.05, 0.1) is 0 Å². The summed E-state index contributed by atoms with van der Waals surface area (Å²) in [5, 5.41) is 39.7. The van der Waals surface area contributed by atoms with Crippen molar-refractivity contribution in [3.05, 3.63) is 58.7 Å². The molecular weight excluding hydrogens is 364 g/mol. The van der Waals surface area contributed by atoms with Gasteiger partial charge in [-0.15, -0.1) is 0 Å². The van der Waals surface area contributed by atoms with E-state index in [0.717, 1.165) is 28.2 Å². The molecule has 0 spiro atoms. The molecule has 0 bridgehead atoms. The fraction of sp³-hybridized carbons (Fsp3) is 0.429. The Hall–Kier alpha value is -2.16. The van der Waals surface area contributed by atoms with Crippen LogP contribution in [0.5, 0.6) is 11.5 Å². The molecule has 2 aromatic carbocycles. The minimum atomic E-state index is -1.56. The molecule has 2 aromatic rings. The Labute approximate surface area is 162 Å². The SMILES string of the molecule is Cc1ccc(C2O[C@H](O)[C@@H](O)[C@H](O)[C@H]2O)cc1Cc1ccc2c(c1)OCCO2. The fourth-order valence-corrected chi connectivity index (χ4v) is 3.61. The van der Waals surface area contributed by atoms with Gasteiger partial charge in [0.2, 0.25) is 0 Å². The zero-order chi connectivity index (χ0) is 19.8. The highest BCUT2D eigenvalue weighted by Crippen LogP contribution is 2.34. The number of aliphatic hydroxyl groups is 4. The smallest absolute Gasteiger partial charge is 0.184 e. The first-order chi connectivity index (χ1) is 13.4. The number of hydrogen-bond acceptors (Lipinski definition) is 7. The summed E-state index contributed by atoms with van der Waals surface area (Å²) in [4.78, 5) is 0. The van der Waals surface area contributed by atoms with Crippen LogP contribution >= 0.6 is 0 Å². The van der Waals surface area contributed by atoms with Crippen LogP contribution in [-0.2, 0) is 11.2 Å². The number of ether oxygens (including phenoxy) is 3. The maximum absolute atomic E-state index is 10.3. The maximum atomic E-state index is 10.3. The summed E-state index contributed by atoms with van der Waals surface area (Å²) < 4.78 is 16.5. The third kappa shape index (κ3) is 3.59. The highest BCUT2D eigenvalue weighted by atomic mass is 16.6. The summed E-state index contributed by atoms with van der Waals surface area (Å²) in [6.45, 7) is 3.06. The quantitative estimate of drug-likeness (QED) is 0.617. The molecule has 4 N–H and O–H groups in total. The molecule has 0 saturated carbocycles. The molecule has 0 aromatic heterocycles. The van der Waals surface area contributed by atoms with Crippen molar-refractivity contribution in [1.82, 2.24) is 0 Å². The topological polar surface area (TPSA) is 109 Å². The van der Waals surface area contributed by atoms with Crippen LogP contribution in [0.1, 0.15) is 28.4 Å². The van der Waals surface area contributed by atoms with Gasteiger partial charge in [-0.05, 0) is 47.7 Å². The molecule has 1 saturated heterocycles. The van der Waals surface area contributed by atoms with Gasteiger partial charge < -0.3 is 34.6 Å². The van der Waals surface area contributed by atoms with Gasteiger partial charge in [-0.3, -0.25) is 0 Å². The fourth-order valence-electron chi connectivity index (χ4n) is 3.61. The van der Waals surface area contributed by atoms with E-state index in [1.54, 1.807) is 6.07 Å². The second-order valence-corrected chi connectivity index (χ2v) is 7.26. The molecule has 2 aliphatic heterocycles. The first kappa shape index (κ1) is 19.2. The summed E-state index contributed by atoms with van der Waals surface area (Å²) in [5.41, 5.74) is 3.74. The Balaban J connectivity index is 1.59. The molecule has 2 aliphatic rings. The molecule has 5 atom stereocenters. The van der Waals surface area contributed by atoms with E-state index in [2.05, 4.69) is 0 Å². The van der Waals surface area contributed by atoms with E-state index < -0.39 is 30.7 Å². The Morgan fingerprint density at radius 2 is 1.61 bits per heavy atom. The van der Waals surface area contributed by atoms with E-state index in [4.69, 9.17) is 14.2 Å². The molecule has 2 heterocycles. The molecule has 4 rings (SSSR count). The van der Waals surface area contributed by atoms with Gasteiger partial charge in [0.25, 0.3) is 0 Å². The standard InChI is InChI=1S/C21H24O7/c1-11-2-4-13(20-18(23)17(22)19(24)21(25)28-20)10-14(11)8-12-3-5-15-16(9-12)27-7-6-26-15/h2-5,9-10,17-25H,6-8H2,1H3/t17-,18-,19+,20?,21+/m1/s1. The van der Waals surface area contributed by atoms with Crippen LogP contribution in [0.25, 0.3) is 0 Å². The van der Waals surface area contributed by atoms with E-state index in [-0.39, 0.29) is 0 Å². The molecule has 1 fully saturated rings. The van der Waals surface area contributed by atoms with E-state index in [0.29, 0.717) is 25.2 Å². The van der Waals surface area contributed by atoms with Gasteiger partial charge in [0.1, 0.15) is 37.6 Å². The average molecular weight is 388 g/mol. The Morgan fingerprint density at radius 1 is 0.857 bits per heavy atom. The van der Waals surface area contributed by atoms with Gasteiger partial charge >= 0.3 is 0 Å². The minimum absolute atomic E-state index is 0.526. The predicted molar refractivity (Wildman–Crippen MR) is 99.3 cm³/mol. The zero-order valence-corrected chi connectivity index (χ0v) is 15.5. The minimum Gasteiger partial charge on any atom is -0.486 e. The molecule has 0 aliphatic carbocycles. The highest BCUT2D eigenvalue weighted by molar-refractivity contribution is 5.46. The third-order valence-electron chi connectivity index (χ3n) is 5.29. The van der Waals surface area contributed by atoms with Crippen molar-refractivity contribution in [2.75, 3.05) is 13.2 Å². The van der Waals surface area contributed by atoms with E-state index in [1.165, 1.54) is 0 Å². The number of aryl methyl sites for hydroxylation is 1. The van der Waals surface area contributed by atoms with Crippen molar-refractivity contribution >= 4 is 0 Å². The number of benzene rings is 2. The third-order valence-corrected chi connectivity index (χ3v) is 5.29. The molecule has 7 heteroatoms. The maximum Gasteiger partial charge on any atom is 0.184 e. The van der Waals surface area contributed by atoms with Gasteiger partial charge in [0, 0.05) is 0 Å². The van der Waals surface area contributed by atoms with Gasteiger partial charge in [-0.2, -0.15) is 0 Å². The molecule has 0 amide bonds. The van der Waals surface area contributed by atoms with E-state index in [1.807, 2.05) is 37.3 Å².